The van der Waals surface area contributed by atoms with Crippen molar-refractivity contribution in [1.82, 2.24) is 20.0 Å². The molecule has 1 heterocycles. The Morgan fingerprint density at radius 2 is 2.26 bits per heavy atom. The van der Waals surface area contributed by atoms with Gasteiger partial charge in [0.15, 0.2) is 0 Å². The van der Waals surface area contributed by atoms with E-state index in [-0.39, 0.29) is 12.6 Å². The third kappa shape index (κ3) is 3.97. The van der Waals surface area contributed by atoms with Crippen LogP contribution < -0.4 is 0 Å². The molecule has 1 aromatic heterocycles. The van der Waals surface area contributed by atoms with E-state index < -0.39 is 5.97 Å². The van der Waals surface area contributed by atoms with Crippen LogP contribution in [-0.4, -0.2) is 57.2 Å². The number of aliphatic carboxylic acids is 1. The average Bonchev–Trinajstić information content (AvgIpc) is 3.02. The van der Waals surface area contributed by atoms with Crippen molar-refractivity contribution in [3.05, 3.63) is 18.0 Å². The average molecular weight is 266 g/mol. The van der Waals surface area contributed by atoms with Crippen molar-refractivity contribution in [3.63, 3.8) is 0 Å². The zero-order chi connectivity index (χ0) is 13.8. The highest BCUT2D eigenvalue weighted by molar-refractivity contribution is 5.80. The van der Waals surface area contributed by atoms with E-state index >= 15 is 0 Å². The third-order valence-corrected chi connectivity index (χ3v) is 3.07. The zero-order valence-corrected chi connectivity index (χ0v) is 10.9. The molecule has 19 heavy (non-hydrogen) atoms. The minimum absolute atomic E-state index is 0.245. The summed E-state index contributed by atoms with van der Waals surface area (Å²) in [6, 6.07) is -0.254. The second-order valence-electron chi connectivity index (χ2n) is 4.96. The Morgan fingerprint density at radius 3 is 2.79 bits per heavy atom. The van der Waals surface area contributed by atoms with Crippen molar-refractivity contribution < 1.29 is 14.7 Å². The van der Waals surface area contributed by atoms with Gasteiger partial charge in [-0.15, -0.1) is 0 Å². The molecular formula is C12H18N4O3. The lowest BCUT2D eigenvalue weighted by Gasteiger charge is -2.26. The van der Waals surface area contributed by atoms with Gasteiger partial charge in [-0.1, -0.05) is 0 Å². The highest BCUT2D eigenvalue weighted by Crippen LogP contribution is 2.29. The first-order chi connectivity index (χ1) is 9.06. The van der Waals surface area contributed by atoms with E-state index in [1.54, 1.807) is 19.4 Å². The summed E-state index contributed by atoms with van der Waals surface area (Å²) in [5.41, 5.74) is 0.887. The van der Waals surface area contributed by atoms with Gasteiger partial charge in [-0.25, -0.2) is 4.79 Å². The number of urea groups is 1. The monoisotopic (exact) mass is 266 g/mol. The van der Waals surface area contributed by atoms with Gasteiger partial charge in [0.05, 0.1) is 12.7 Å². The predicted molar refractivity (Wildman–Crippen MR) is 67.4 cm³/mol. The Bertz CT molecular complexity index is 442. The maximum Gasteiger partial charge on any atom is 0.323 e. The van der Waals surface area contributed by atoms with Crippen molar-refractivity contribution in [1.29, 1.82) is 0 Å². The Kier molecular flexibility index (Phi) is 4.03. The number of nitrogens with zero attached hydrogens (tertiary/aromatic N) is 3. The van der Waals surface area contributed by atoms with Gasteiger partial charge in [-0.05, 0) is 18.8 Å². The second kappa shape index (κ2) is 5.73. The van der Waals surface area contributed by atoms with Crippen molar-refractivity contribution in [2.75, 3.05) is 20.1 Å². The normalized spacial score (nSPS) is 14.2. The number of nitrogens with one attached hydrogen (secondary N) is 1. The molecule has 2 rings (SSSR count). The number of carbonyl (C=O) groups excluding carboxylic acids is 1. The predicted octanol–water partition coefficient (Wildman–Crippen LogP) is 0.758. The number of H-pyrrole nitrogens is 1. The topological polar surface area (TPSA) is 89.5 Å². The number of hydrogen-bond donors (Lipinski definition) is 2. The lowest BCUT2D eigenvalue weighted by molar-refractivity contribution is -0.137. The molecule has 0 unspecified atom stereocenters. The van der Waals surface area contributed by atoms with Crippen LogP contribution in [0.2, 0.25) is 0 Å². The van der Waals surface area contributed by atoms with Gasteiger partial charge < -0.3 is 14.9 Å². The van der Waals surface area contributed by atoms with Crippen molar-refractivity contribution in [2.24, 2.45) is 5.92 Å². The van der Waals surface area contributed by atoms with Crippen molar-refractivity contribution in [2.45, 2.75) is 19.4 Å². The molecular weight excluding hydrogens is 248 g/mol. The largest absolute Gasteiger partial charge is 0.480 e. The summed E-state index contributed by atoms with van der Waals surface area (Å²) in [7, 11) is 1.66. The first-order valence-corrected chi connectivity index (χ1v) is 6.25. The molecule has 7 nitrogen and oxygen atoms in total. The summed E-state index contributed by atoms with van der Waals surface area (Å²) >= 11 is 0. The molecule has 7 heteroatoms. The Balaban J connectivity index is 1.94. The van der Waals surface area contributed by atoms with Gasteiger partial charge in [0, 0.05) is 25.4 Å². The number of carbonyl (C=O) groups is 2. The SMILES string of the molecule is CN(Cc1cn[nH]c1)C(=O)N(CC(=O)O)CC1CC1. The zero-order valence-electron chi connectivity index (χ0n) is 10.9. The highest BCUT2D eigenvalue weighted by Gasteiger charge is 2.29. The first kappa shape index (κ1) is 13.4. The summed E-state index contributed by atoms with van der Waals surface area (Å²) in [6.07, 6.45) is 5.52. The van der Waals surface area contributed by atoms with E-state index in [0.717, 1.165) is 18.4 Å². The van der Waals surface area contributed by atoms with Gasteiger partial charge in [0.1, 0.15) is 6.54 Å². The Morgan fingerprint density at radius 1 is 1.53 bits per heavy atom. The molecule has 2 N–H and O–H groups in total. The van der Waals surface area contributed by atoms with Crippen LogP contribution in [0.3, 0.4) is 0 Å². The van der Waals surface area contributed by atoms with Gasteiger partial charge in [-0.3, -0.25) is 9.89 Å². The van der Waals surface area contributed by atoms with Crippen LogP contribution in [0.4, 0.5) is 4.79 Å². The molecule has 0 bridgehead atoms. The van der Waals surface area contributed by atoms with Gasteiger partial charge >= 0.3 is 12.0 Å². The van der Waals surface area contributed by atoms with Crippen LogP contribution in [0.25, 0.3) is 0 Å². The molecule has 1 aliphatic carbocycles. The molecule has 0 radical (unpaired) electrons. The molecule has 0 aromatic carbocycles. The smallest absolute Gasteiger partial charge is 0.323 e. The minimum atomic E-state index is -0.981. The number of aromatic nitrogens is 2. The maximum atomic E-state index is 12.2. The van der Waals surface area contributed by atoms with E-state index in [0.29, 0.717) is 19.0 Å². The highest BCUT2D eigenvalue weighted by atomic mass is 16.4. The van der Waals surface area contributed by atoms with E-state index in [9.17, 15) is 9.59 Å². The van der Waals surface area contributed by atoms with Crippen molar-refractivity contribution in [3.8, 4) is 0 Å². The standard InChI is InChI=1S/C12H18N4O3/c1-15(6-10-4-13-14-5-10)12(19)16(8-11(17)18)7-9-2-3-9/h4-5,9H,2-3,6-8H2,1H3,(H,13,14)(H,17,18). The van der Waals surface area contributed by atoms with E-state index in [1.165, 1.54) is 9.80 Å². The first-order valence-electron chi connectivity index (χ1n) is 6.25. The summed E-state index contributed by atoms with van der Waals surface area (Å²) in [6.45, 7) is 0.696. The molecule has 0 spiro atoms. The number of carboxylic acids is 1. The molecule has 2 amide bonds. The Hall–Kier alpha value is -2.05. The molecule has 0 atom stereocenters. The van der Waals surface area contributed by atoms with Crippen LogP contribution in [0, 0.1) is 5.92 Å². The summed E-state index contributed by atoms with van der Waals surface area (Å²) in [4.78, 5) is 26.0. The third-order valence-electron chi connectivity index (χ3n) is 3.07. The van der Waals surface area contributed by atoms with Crippen LogP contribution in [-0.2, 0) is 11.3 Å². The quantitative estimate of drug-likeness (QED) is 0.795. The maximum absolute atomic E-state index is 12.2. The van der Waals surface area contributed by atoms with Gasteiger partial charge in [0.25, 0.3) is 0 Å². The van der Waals surface area contributed by atoms with Crippen LogP contribution in [0.5, 0.6) is 0 Å². The number of rotatable bonds is 6. The fourth-order valence-corrected chi connectivity index (χ4v) is 1.93. The number of carboxylic acid groups (broad SMARTS) is 1. The molecule has 1 saturated carbocycles. The van der Waals surface area contributed by atoms with E-state index in [1.807, 2.05) is 0 Å². The Labute approximate surface area is 111 Å². The van der Waals surface area contributed by atoms with Crippen LogP contribution in [0.15, 0.2) is 12.4 Å². The van der Waals surface area contributed by atoms with Gasteiger partial charge in [0.2, 0.25) is 0 Å². The molecule has 1 aromatic rings. The van der Waals surface area contributed by atoms with Gasteiger partial charge in [-0.2, -0.15) is 5.10 Å². The molecule has 104 valence electrons. The molecule has 1 fully saturated rings. The summed E-state index contributed by atoms with van der Waals surface area (Å²) < 4.78 is 0. The van der Waals surface area contributed by atoms with E-state index in [4.69, 9.17) is 5.11 Å². The molecule has 0 aliphatic heterocycles. The summed E-state index contributed by atoms with van der Waals surface area (Å²) in [5.74, 6) is -0.517. The van der Waals surface area contributed by atoms with Crippen LogP contribution in [0.1, 0.15) is 18.4 Å². The lowest BCUT2D eigenvalue weighted by Crippen LogP contribution is -2.44. The van der Waals surface area contributed by atoms with Crippen molar-refractivity contribution >= 4 is 12.0 Å². The molecule has 0 saturated heterocycles. The number of aromatic amines is 1. The lowest BCUT2D eigenvalue weighted by atomic mass is 10.3. The van der Waals surface area contributed by atoms with E-state index in [2.05, 4.69) is 10.2 Å². The number of amides is 2. The second-order valence-corrected chi connectivity index (χ2v) is 4.96. The van der Waals surface area contributed by atoms with Crippen LogP contribution >= 0.6 is 0 Å². The molecule has 1 aliphatic rings. The fourth-order valence-electron chi connectivity index (χ4n) is 1.93. The summed E-state index contributed by atoms with van der Waals surface area (Å²) in [5, 5.41) is 15.4. The fraction of sp³-hybridized carbons (Fsp3) is 0.583. The minimum Gasteiger partial charge on any atom is -0.480 e. The number of hydrogen-bond acceptors (Lipinski definition) is 3.